The summed E-state index contributed by atoms with van der Waals surface area (Å²) in [7, 11) is -3.76. The minimum Gasteiger partial charge on any atom is -0.361 e. The smallest absolute Gasteiger partial charge is 0.243 e. The first-order valence-electron chi connectivity index (χ1n) is 9.03. The van der Waals surface area contributed by atoms with E-state index in [0.29, 0.717) is 13.1 Å². The fourth-order valence-corrected chi connectivity index (χ4v) is 4.96. The van der Waals surface area contributed by atoms with E-state index in [0.717, 1.165) is 22.5 Å². The van der Waals surface area contributed by atoms with Crippen molar-refractivity contribution in [3.05, 3.63) is 66.1 Å². The van der Waals surface area contributed by atoms with Gasteiger partial charge in [0.15, 0.2) is 0 Å². The van der Waals surface area contributed by atoms with Gasteiger partial charge in [-0.05, 0) is 29.8 Å². The lowest BCUT2D eigenvalue weighted by Crippen LogP contribution is -2.50. The van der Waals surface area contributed by atoms with Crippen molar-refractivity contribution in [2.75, 3.05) is 26.2 Å². The number of halogens is 1. The first-order chi connectivity index (χ1) is 13.4. The van der Waals surface area contributed by atoms with Crippen molar-refractivity contribution in [2.45, 2.75) is 11.3 Å². The van der Waals surface area contributed by atoms with Gasteiger partial charge in [0.1, 0.15) is 5.82 Å². The Morgan fingerprint density at radius 3 is 2.54 bits per heavy atom. The zero-order valence-corrected chi connectivity index (χ0v) is 16.0. The molecule has 8 heteroatoms. The molecule has 1 aliphatic rings. The third-order valence-electron chi connectivity index (χ3n) is 5.04. The Bertz CT molecular complexity index is 1120. The van der Waals surface area contributed by atoms with Crippen LogP contribution < -0.4 is 0 Å². The maximum absolute atomic E-state index is 13.4. The number of sulfonamides is 1. The fourth-order valence-electron chi connectivity index (χ4n) is 3.51. The van der Waals surface area contributed by atoms with E-state index < -0.39 is 15.8 Å². The number of nitrogens with zero attached hydrogens (tertiary/aromatic N) is 2. The quantitative estimate of drug-likeness (QED) is 0.730. The molecule has 6 nitrogen and oxygen atoms in total. The average Bonchev–Trinajstić information content (AvgIpc) is 3.11. The van der Waals surface area contributed by atoms with Gasteiger partial charge in [0.05, 0.1) is 11.3 Å². The van der Waals surface area contributed by atoms with E-state index in [1.807, 2.05) is 30.5 Å². The van der Waals surface area contributed by atoms with Crippen molar-refractivity contribution >= 4 is 26.8 Å². The number of piperazine rings is 1. The van der Waals surface area contributed by atoms with Gasteiger partial charge in [-0.15, -0.1) is 0 Å². The molecule has 1 aliphatic heterocycles. The van der Waals surface area contributed by atoms with Crippen molar-refractivity contribution in [2.24, 2.45) is 0 Å². The number of aromatic amines is 1. The molecule has 1 saturated heterocycles. The highest BCUT2D eigenvalue weighted by Gasteiger charge is 2.30. The molecule has 4 rings (SSSR count). The molecule has 0 atom stereocenters. The van der Waals surface area contributed by atoms with Crippen molar-refractivity contribution in [3.63, 3.8) is 0 Å². The number of benzene rings is 2. The van der Waals surface area contributed by atoms with Gasteiger partial charge >= 0.3 is 0 Å². The number of carbonyl (C=O) groups excluding carboxylic acids is 1. The Morgan fingerprint density at radius 2 is 1.79 bits per heavy atom. The summed E-state index contributed by atoms with van der Waals surface area (Å²) >= 11 is 0. The summed E-state index contributed by atoms with van der Waals surface area (Å²) in [6.45, 7) is 1.02. The molecular formula is C20H20FN3O3S. The number of carbonyl (C=O) groups is 1. The average molecular weight is 401 g/mol. The molecule has 0 bridgehead atoms. The molecule has 3 aromatic rings. The molecule has 146 valence electrons. The minimum absolute atomic E-state index is 0.0347. The monoisotopic (exact) mass is 401 g/mol. The van der Waals surface area contributed by atoms with E-state index in [1.165, 1.54) is 22.5 Å². The molecule has 28 heavy (non-hydrogen) atoms. The normalized spacial score (nSPS) is 15.8. The first kappa shape index (κ1) is 18.6. The number of fused-ring (bicyclic) bond motifs is 1. The lowest BCUT2D eigenvalue weighted by Gasteiger charge is -2.34. The van der Waals surface area contributed by atoms with E-state index in [-0.39, 0.29) is 30.3 Å². The number of H-pyrrole nitrogens is 1. The van der Waals surface area contributed by atoms with Crippen molar-refractivity contribution in [3.8, 4) is 0 Å². The molecule has 0 unspecified atom stereocenters. The summed E-state index contributed by atoms with van der Waals surface area (Å²) in [6.07, 6.45) is 2.11. The molecule has 0 saturated carbocycles. The van der Waals surface area contributed by atoms with Crippen LogP contribution in [0.15, 0.2) is 59.6 Å². The summed E-state index contributed by atoms with van der Waals surface area (Å²) in [6, 6.07) is 12.8. The maximum atomic E-state index is 13.4. The van der Waals surface area contributed by atoms with E-state index in [2.05, 4.69) is 4.98 Å². The Labute approximate surface area is 162 Å². The van der Waals surface area contributed by atoms with E-state index in [1.54, 1.807) is 4.90 Å². The molecule has 0 spiro atoms. The van der Waals surface area contributed by atoms with Crippen molar-refractivity contribution in [1.82, 2.24) is 14.2 Å². The number of nitrogens with one attached hydrogen (secondary N) is 1. The minimum atomic E-state index is -3.76. The van der Waals surface area contributed by atoms with Gasteiger partial charge < -0.3 is 9.88 Å². The highest BCUT2D eigenvalue weighted by molar-refractivity contribution is 7.89. The first-order valence-corrected chi connectivity index (χ1v) is 10.5. The molecule has 0 aliphatic carbocycles. The number of hydrogen-bond donors (Lipinski definition) is 1. The third kappa shape index (κ3) is 3.53. The molecule has 2 aromatic carbocycles. The van der Waals surface area contributed by atoms with Crippen molar-refractivity contribution < 1.29 is 17.6 Å². The standard InChI is InChI=1S/C20H20FN3O3S/c21-16-4-3-5-17(13-16)28(26,27)24-10-8-23(9-11-24)20(25)12-15-14-22-19-7-2-1-6-18(15)19/h1-7,13-14,22H,8-12H2. The number of rotatable bonds is 4. The van der Waals surface area contributed by atoms with Crippen LogP contribution in [0.1, 0.15) is 5.56 Å². The van der Waals surface area contributed by atoms with Crippen molar-refractivity contribution in [1.29, 1.82) is 0 Å². The maximum Gasteiger partial charge on any atom is 0.243 e. The molecule has 1 amide bonds. The predicted molar refractivity (Wildman–Crippen MR) is 104 cm³/mol. The molecule has 1 N–H and O–H groups in total. The van der Waals surface area contributed by atoms with E-state index in [9.17, 15) is 17.6 Å². The predicted octanol–water partition coefficient (Wildman–Crippen LogP) is 2.38. The van der Waals surface area contributed by atoms with Crippen LogP contribution in [0.2, 0.25) is 0 Å². The fraction of sp³-hybridized carbons (Fsp3) is 0.250. The number of hydrogen-bond acceptors (Lipinski definition) is 3. The summed E-state index contributed by atoms with van der Waals surface area (Å²) in [5.74, 6) is -0.624. The van der Waals surface area contributed by atoms with Gasteiger partial charge in [0, 0.05) is 43.3 Å². The van der Waals surface area contributed by atoms with Crippen LogP contribution in [-0.4, -0.2) is 54.7 Å². The number of aromatic nitrogens is 1. The largest absolute Gasteiger partial charge is 0.361 e. The van der Waals surface area contributed by atoms with Crippen LogP contribution in [0.25, 0.3) is 10.9 Å². The van der Waals surface area contributed by atoms with E-state index in [4.69, 9.17) is 0 Å². The van der Waals surface area contributed by atoms with Gasteiger partial charge in [-0.1, -0.05) is 24.3 Å². The second-order valence-electron chi connectivity index (χ2n) is 6.78. The molecule has 1 fully saturated rings. The van der Waals surface area contributed by atoms with Gasteiger partial charge in [-0.25, -0.2) is 12.8 Å². The zero-order chi connectivity index (χ0) is 19.7. The SMILES string of the molecule is O=C(Cc1c[nH]c2ccccc12)N1CCN(S(=O)(=O)c2cccc(F)c2)CC1. The van der Waals surface area contributed by atoms with Crippen LogP contribution >= 0.6 is 0 Å². The van der Waals surface area contributed by atoms with Crippen LogP contribution in [0.5, 0.6) is 0 Å². The molecule has 0 radical (unpaired) electrons. The van der Waals surface area contributed by atoms with Gasteiger partial charge in [0.2, 0.25) is 15.9 Å². The van der Waals surface area contributed by atoms with Gasteiger partial charge in [0.25, 0.3) is 0 Å². The van der Waals surface area contributed by atoms with Crippen LogP contribution in [0.3, 0.4) is 0 Å². The highest BCUT2D eigenvalue weighted by Crippen LogP contribution is 2.21. The second-order valence-corrected chi connectivity index (χ2v) is 8.72. The molecular weight excluding hydrogens is 381 g/mol. The highest BCUT2D eigenvalue weighted by atomic mass is 32.2. The Balaban J connectivity index is 1.42. The summed E-state index contributed by atoms with van der Waals surface area (Å²) in [4.78, 5) is 17.4. The number of amides is 1. The second kappa shape index (κ2) is 7.37. The van der Waals surface area contributed by atoms with Crippen LogP contribution in [0.4, 0.5) is 4.39 Å². The van der Waals surface area contributed by atoms with Crippen LogP contribution in [-0.2, 0) is 21.2 Å². The lowest BCUT2D eigenvalue weighted by molar-refractivity contribution is -0.131. The number of para-hydroxylation sites is 1. The molecule has 2 heterocycles. The Morgan fingerprint density at radius 1 is 1.04 bits per heavy atom. The topological polar surface area (TPSA) is 73.5 Å². The van der Waals surface area contributed by atoms with Gasteiger partial charge in [-0.3, -0.25) is 4.79 Å². The Kier molecular flexibility index (Phi) is 4.91. The molecule has 1 aromatic heterocycles. The lowest BCUT2D eigenvalue weighted by atomic mass is 10.1. The van der Waals surface area contributed by atoms with Gasteiger partial charge in [-0.2, -0.15) is 4.31 Å². The third-order valence-corrected chi connectivity index (χ3v) is 6.94. The summed E-state index contributed by atoms with van der Waals surface area (Å²) in [5, 5.41) is 1.02. The van der Waals surface area contributed by atoms with E-state index >= 15 is 0 Å². The summed E-state index contributed by atoms with van der Waals surface area (Å²) < 4.78 is 40.0. The Hall–Kier alpha value is -2.71. The summed E-state index contributed by atoms with van der Waals surface area (Å²) in [5.41, 5.74) is 1.91. The zero-order valence-electron chi connectivity index (χ0n) is 15.1. The van der Waals surface area contributed by atoms with Crippen LogP contribution in [0, 0.1) is 5.82 Å².